The van der Waals surface area contributed by atoms with Gasteiger partial charge in [-0.25, -0.2) is 4.79 Å². The summed E-state index contributed by atoms with van der Waals surface area (Å²) < 4.78 is 0. The van der Waals surface area contributed by atoms with Gasteiger partial charge in [0.05, 0.1) is 0 Å². The van der Waals surface area contributed by atoms with Crippen molar-refractivity contribution in [3.8, 4) is 11.5 Å². The van der Waals surface area contributed by atoms with Gasteiger partial charge in [-0.05, 0) is 12.1 Å². The molecule has 1 aromatic carbocycles. The molecule has 3 N–H and O–H groups in total. The lowest BCUT2D eigenvalue weighted by molar-refractivity contribution is -0.231. The van der Waals surface area contributed by atoms with Gasteiger partial charge in [-0.15, -0.1) is 0 Å². The van der Waals surface area contributed by atoms with Crippen molar-refractivity contribution in [3.63, 3.8) is 0 Å². The van der Waals surface area contributed by atoms with Gasteiger partial charge < -0.3 is 15.1 Å². The highest BCUT2D eigenvalue weighted by Gasteiger charge is 1.90. The molecule has 0 aromatic heterocycles. The van der Waals surface area contributed by atoms with Crippen LogP contribution in [0.15, 0.2) is 24.3 Å². The summed E-state index contributed by atoms with van der Waals surface area (Å²) in [6, 6.07) is 6.15. The molecule has 0 heterocycles. The van der Waals surface area contributed by atoms with Crippen LogP contribution < -0.4 is 0 Å². The zero-order valence-corrected chi connectivity index (χ0v) is 6.97. The predicted octanol–water partition coefficient (Wildman–Crippen LogP) is 1.12. The zero-order valence-electron chi connectivity index (χ0n) is 6.97. The van der Waals surface area contributed by atoms with Crippen LogP contribution in [0.5, 0.6) is 11.5 Å². The molecular weight excluding hydrogens is 176 g/mol. The summed E-state index contributed by atoms with van der Waals surface area (Å²) in [6.07, 6.45) is 0. The van der Waals surface area contributed by atoms with Gasteiger partial charge in [-0.3, -0.25) is 0 Å². The number of para-hydroxylation sites is 2. The van der Waals surface area contributed by atoms with Gasteiger partial charge in [-0.1, -0.05) is 12.1 Å². The number of phenols is 2. The van der Waals surface area contributed by atoms with E-state index in [1.54, 1.807) is 12.1 Å². The van der Waals surface area contributed by atoms with Crippen LogP contribution >= 0.6 is 0 Å². The number of hydrogen-bond donors (Lipinski definition) is 3. The Kier molecular flexibility index (Phi) is 5.06. The number of benzene rings is 1. The normalized spacial score (nSPS) is 8.15. The highest BCUT2D eigenvalue weighted by molar-refractivity contribution is 5.64. The quantitative estimate of drug-likeness (QED) is 0.321. The van der Waals surface area contributed by atoms with E-state index in [-0.39, 0.29) is 11.5 Å². The van der Waals surface area contributed by atoms with E-state index >= 15 is 0 Å². The highest BCUT2D eigenvalue weighted by atomic mass is 17.1. The number of carbonyl (C=O) groups is 1. The van der Waals surface area contributed by atoms with E-state index < -0.39 is 5.97 Å². The fraction of sp³-hybridized carbons (Fsp3) is 0.125. The molecule has 0 fully saturated rings. The standard InChI is InChI=1S/C6H6O2.C2H4O3/c7-5-3-1-2-4-6(5)8;1-2(3)5-4/h1-4,7-8H;4H,1H3. The molecule has 0 radical (unpaired) electrons. The van der Waals surface area contributed by atoms with Gasteiger partial charge in [0.2, 0.25) is 0 Å². The molecule has 0 atom stereocenters. The minimum atomic E-state index is -0.690. The molecule has 5 nitrogen and oxygen atoms in total. The molecule has 0 aliphatic rings. The minimum absolute atomic E-state index is 0.0764. The van der Waals surface area contributed by atoms with Crippen LogP contribution in [-0.4, -0.2) is 21.4 Å². The maximum atomic E-state index is 9.34. The summed E-state index contributed by atoms with van der Waals surface area (Å²) >= 11 is 0. The molecule has 0 aliphatic heterocycles. The summed E-state index contributed by atoms with van der Waals surface area (Å²) in [5, 5.41) is 24.6. The second-order valence-electron chi connectivity index (χ2n) is 2.07. The van der Waals surface area contributed by atoms with E-state index in [1.807, 2.05) is 0 Å². The molecule has 0 bridgehead atoms. The average molecular weight is 186 g/mol. The lowest BCUT2D eigenvalue weighted by Crippen LogP contribution is -1.89. The number of aromatic hydroxyl groups is 2. The molecule has 0 saturated heterocycles. The summed E-state index contributed by atoms with van der Waals surface area (Å²) in [7, 11) is 0. The SMILES string of the molecule is CC(=O)OO.Oc1ccccc1O. The fourth-order valence-corrected chi connectivity index (χ4v) is 0.464. The second-order valence-corrected chi connectivity index (χ2v) is 2.07. The van der Waals surface area contributed by atoms with Gasteiger partial charge in [0, 0.05) is 6.92 Å². The molecule has 72 valence electrons. The van der Waals surface area contributed by atoms with Crippen LogP contribution in [0.2, 0.25) is 0 Å². The summed E-state index contributed by atoms with van der Waals surface area (Å²) in [5.41, 5.74) is 0. The fourth-order valence-electron chi connectivity index (χ4n) is 0.464. The predicted molar refractivity (Wildman–Crippen MR) is 44.2 cm³/mol. The first-order valence-electron chi connectivity index (χ1n) is 3.37. The van der Waals surface area contributed by atoms with Gasteiger partial charge in [0.15, 0.2) is 11.5 Å². The first kappa shape index (κ1) is 11.2. The van der Waals surface area contributed by atoms with E-state index in [0.717, 1.165) is 6.92 Å². The maximum Gasteiger partial charge on any atom is 0.339 e. The van der Waals surface area contributed by atoms with Crippen LogP contribution in [0.1, 0.15) is 6.92 Å². The lowest BCUT2D eigenvalue weighted by atomic mass is 10.3. The number of hydrogen-bond acceptors (Lipinski definition) is 5. The minimum Gasteiger partial charge on any atom is -0.504 e. The lowest BCUT2D eigenvalue weighted by Gasteiger charge is -1.91. The number of phenolic OH excluding ortho intramolecular Hbond substituents is 2. The number of rotatable bonds is 0. The Hall–Kier alpha value is -1.75. The van der Waals surface area contributed by atoms with Crippen molar-refractivity contribution in [2.24, 2.45) is 0 Å². The summed E-state index contributed by atoms with van der Waals surface area (Å²) in [4.78, 5) is 12.5. The monoisotopic (exact) mass is 186 g/mol. The maximum absolute atomic E-state index is 9.34. The van der Waals surface area contributed by atoms with E-state index in [0.29, 0.717) is 0 Å². The summed E-state index contributed by atoms with van der Waals surface area (Å²) in [6.45, 7) is 1.11. The van der Waals surface area contributed by atoms with Crippen LogP contribution in [0.3, 0.4) is 0 Å². The molecule has 1 aromatic rings. The van der Waals surface area contributed by atoms with Crippen LogP contribution in [0.25, 0.3) is 0 Å². The Bertz CT molecular complexity index is 250. The third-order valence-electron chi connectivity index (χ3n) is 1.01. The largest absolute Gasteiger partial charge is 0.504 e. The first-order chi connectivity index (χ1) is 6.07. The Balaban J connectivity index is 0.000000252. The van der Waals surface area contributed by atoms with Crippen molar-refractivity contribution in [2.45, 2.75) is 6.92 Å². The van der Waals surface area contributed by atoms with Crippen LogP contribution in [0.4, 0.5) is 0 Å². The van der Waals surface area contributed by atoms with Crippen molar-refractivity contribution in [1.29, 1.82) is 0 Å². The van der Waals surface area contributed by atoms with Gasteiger partial charge in [-0.2, -0.15) is 5.26 Å². The van der Waals surface area contributed by atoms with Crippen molar-refractivity contribution in [3.05, 3.63) is 24.3 Å². The third kappa shape index (κ3) is 5.51. The van der Waals surface area contributed by atoms with E-state index in [1.165, 1.54) is 12.1 Å². The second kappa shape index (κ2) is 5.84. The van der Waals surface area contributed by atoms with Crippen molar-refractivity contribution in [2.75, 3.05) is 0 Å². The van der Waals surface area contributed by atoms with Crippen molar-refractivity contribution >= 4 is 5.97 Å². The molecule has 0 unspecified atom stereocenters. The molecule has 5 heteroatoms. The molecule has 0 amide bonds. The average Bonchev–Trinajstić information content (AvgIpc) is 2.11. The molecule has 0 spiro atoms. The molecule has 13 heavy (non-hydrogen) atoms. The van der Waals surface area contributed by atoms with E-state index in [4.69, 9.17) is 15.5 Å². The highest BCUT2D eigenvalue weighted by Crippen LogP contribution is 2.21. The third-order valence-corrected chi connectivity index (χ3v) is 1.01. The van der Waals surface area contributed by atoms with Crippen molar-refractivity contribution < 1.29 is 25.2 Å². The first-order valence-corrected chi connectivity index (χ1v) is 3.37. The zero-order chi connectivity index (χ0) is 10.3. The van der Waals surface area contributed by atoms with Crippen LogP contribution in [-0.2, 0) is 9.68 Å². The van der Waals surface area contributed by atoms with Gasteiger partial charge in [0.25, 0.3) is 0 Å². The molecule has 1 rings (SSSR count). The Morgan fingerprint density at radius 1 is 1.23 bits per heavy atom. The Morgan fingerprint density at radius 3 is 1.69 bits per heavy atom. The van der Waals surface area contributed by atoms with E-state index in [9.17, 15) is 4.79 Å². The molecular formula is C8H10O5. The topological polar surface area (TPSA) is 87.0 Å². The van der Waals surface area contributed by atoms with E-state index in [2.05, 4.69) is 4.89 Å². The van der Waals surface area contributed by atoms with Crippen LogP contribution in [0, 0.1) is 0 Å². The Morgan fingerprint density at radius 2 is 1.54 bits per heavy atom. The molecule has 0 saturated carbocycles. The Labute approximate surface area is 74.8 Å². The smallest absolute Gasteiger partial charge is 0.339 e. The number of carbonyl (C=O) groups excluding carboxylic acids is 1. The summed E-state index contributed by atoms with van der Waals surface area (Å²) in [5.74, 6) is -0.843. The van der Waals surface area contributed by atoms with Crippen molar-refractivity contribution in [1.82, 2.24) is 0 Å². The van der Waals surface area contributed by atoms with Gasteiger partial charge in [0.1, 0.15) is 0 Å². The van der Waals surface area contributed by atoms with Gasteiger partial charge >= 0.3 is 5.97 Å². The molecule has 0 aliphatic carbocycles.